The molecule has 1 atom stereocenters. The number of halogens is 1. The van der Waals surface area contributed by atoms with Gasteiger partial charge in [-0.2, -0.15) is 0 Å². The van der Waals surface area contributed by atoms with Crippen LogP contribution >= 0.6 is 0 Å². The van der Waals surface area contributed by atoms with Gasteiger partial charge in [-0.3, -0.25) is 0 Å². The van der Waals surface area contributed by atoms with Gasteiger partial charge in [-0.05, 0) is 42.9 Å². The fourth-order valence-corrected chi connectivity index (χ4v) is 1.61. The standard InChI is InChI=1S/C12H17F/c1-5-8(2)11-9(3)6-7-10(4)12(11)13/h6-8H,5H2,1-4H3. The smallest absolute Gasteiger partial charge is 0.129 e. The van der Waals surface area contributed by atoms with Crippen molar-refractivity contribution in [2.24, 2.45) is 0 Å². The number of aryl methyl sites for hydroxylation is 2. The highest BCUT2D eigenvalue weighted by atomic mass is 19.1. The van der Waals surface area contributed by atoms with Crippen LogP contribution in [-0.4, -0.2) is 0 Å². The van der Waals surface area contributed by atoms with Gasteiger partial charge in [-0.1, -0.05) is 26.0 Å². The Morgan fingerprint density at radius 3 is 2.31 bits per heavy atom. The number of hydrogen-bond acceptors (Lipinski definition) is 0. The molecule has 0 N–H and O–H groups in total. The monoisotopic (exact) mass is 180 g/mol. The largest absolute Gasteiger partial charge is 0.206 e. The fraction of sp³-hybridized carbons (Fsp3) is 0.500. The summed E-state index contributed by atoms with van der Waals surface area (Å²) in [5.41, 5.74) is 2.71. The first-order valence-corrected chi connectivity index (χ1v) is 4.83. The quantitative estimate of drug-likeness (QED) is 0.646. The maximum absolute atomic E-state index is 13.7. The molecule has 1 aromatic rings. The van der Waals surface area contributed by atoms with Gasteiger partial charge in [0.1, 0.15) is 5.82 Å². The molecule has 0 heterocycles. The van der Waals surface area contributed by atoms with Gasteiger partial charge in [0, 0.05) is 0 Å². The second kappa shape index (κ2) is 3.91. The third kappa shape index (κ3) is 1.90. The Labute approximate surface area is 79.8 Å². The summed E-state index contributed by atoms with van der Waals surface area (Å²) in [4.78, 5) is 0. The third-order valence-corrected chi connectivity index (χ3v) is 2.70. The minimum absolute atomic E-state index is 0.0191. The van der Waals surface area contributed by atoms with Crippen LogP contribution in [0.4, 0.5) is 4.39 Å². The lowest BCUT2D eigenvalue weighted by atomic mass is 9.92. The lowest BCUT2D eigenvalue weighted by Gasteiger charge is -2.14. The number of rotatable bonds is 2. The zero-order valence-electron chi connectivity index (χ0n) is 8.82. The Kier molecular flexibility index (Phi) is 3.07. The van der Waals surface area contributed by atoms with Gasteiger partial charge >= 0.3 is 0 Å². The second-order valence-electron chi connectivity index (χ2n) is 3.74. The number of hydrogen-bond donors (Lipinski definition) is 0. The first-order valence-electron chi connectivity index (χ1n) is 4.83. The van der Waals surface area contributed by atoms with Crippen molar-refractivity contribution in [1.82, 2.24) is 0 Å². The van der Waals surface area contributed by atoms with Crippen molar-refractivity contribution < 1.29 is 4.39 Å². The average molecular weight is 180 g/mol. The Balaban J connectivity index is 3.25. The van der Waals surface area contributed by atoms with E-state index in [2.05, 4.69) is 13.8 Å². The van der Waals surface area contributed by atoms with Crippen molar-refractivity contribution in [3.05, 3.63) is 34.6 Å². The maximum atomic E-state index is 13.7. The molecule has 0 aromatic heterocycles. The average Bonchev–Trinajstić information content (AvgIpc) is 2.12. The molecular formula is C12H17F. The van der Waals surface area contributed by atoms with Crippen molar-refractivity contribution >= 4 is 0 Å². The highest BCUT2D eigenvalue weighted by Gasteiger charge is 2.13. The molecule has 1 rings (SSSR count). The summed E-state index contributed by atoms with van der Waals surface area (Å²) >= 11 is 0. The van der Waals surface area contributed by atoms with E-state index in [0.717, 1.165) is 23.1 Å². The minimum Gasteiger partial charge on any atom is -0.206 e. The molecule has 0 spiro atoms. The Bertz CT molecular complexity index is 302. The molecule has 0 radical (unpaired) electrons. The molecule has 0 aliphatic rings. The van der Waals surface area contributed by atoms with Crippen LogP contribution in [-0.2, 0) is 0 Å². The van der Waals surface area contributed by atoms with E-state index in [1.54, 1.807) is 0 Å². The van der Waals surface area contributed by atoms with Crippen molar-refractivity contribution in [2.45, 2.75) is 40.0 Å². The molecule has 0 fully saturated rings. The summed E-state index contributed by atoms with van der Waals surface area (Å²) in [5, 5.41) is 0. The molecule has 1 heteroatoms. The SMILES string of the molecule is CCC(C)c1c(C)ccc(C)c1F. The predicted molar refractivity (Wildman–Crippen MR) is 54.6 cm³/mol. The van der Waals surface area contributed by atoms with Crippen LogP contribution in [0.5, 0.6) is 0 Å². The molecular weight excluding hydrogens is 163 g/mol. The molecule has 0 aliphatic carbocycles. The highest BCUT2D eigenvalue weighted by Crippen LogP contribution is 2.26. The van der Waals surface area contributed by atoms with E-state index in [1.165, 1.54) is 0 Å². The van der Waals surface area contributed by atoms with Crippen LogP contribution in [0, 0.1) is 19.7 Å². The first-order chi connectivity index (χ1) is 6.07. The summed E-state index contributed by atoms with van der Waals surface area (Å²) in [6.07, 6.45) is 0.987. The summed E-state index contributed by atoms with van der Waals surface area (Å²) < 4.78 is 13.7. The zero-order chi connectivity index (χ0) is 10.0. The predicted octanol–water partition coefficient (Wildman–Crippen LogP) is 3.96. The molecule has 72 valence electrons. The van der Waals surface area contributed by atoms with Crippen molar-refractivity contribution in [1.29, 1.82) is 0 Å². The second-order valence-corrected chi connectivity index (χ2v) is 3.74. The van der Waals surface area contributed by atoms with Gasteiger partial charge in [0.2, 0.25) is 0 Å². The minimum atomic E-state index is -0.0191. The summed E-state index contributed by atoms with van der Waals surface area (Å²) in [6.45, 7) is 7.96. The van der Waals surface area contributed by atoms with Crippen LogP contribution in [0.3, 0.4) is 0 Å². The Morgan fingerprint density at radius 2 is 1.77 bits per heavy atom. The van der Waals surface area contributed by atoms with Gasteiger partial charge in [0.25, 0.3) is 0 Å². The van der Waals surface area contributed by atoms with Crippen LogP contribution in [0.15, 0.2) is 12.1 Å². The molecule has 1 aromatic carbocycles. The molecule has 0 aliphatic heterocycles. The van der Waals surface area contributed by atoms with Gasteiger partial charge < -0.3 is 0 Å². The van der Waals surface area contributed by atoms with Gasteiger partial charge in [0.15, 0.2) is 0 Å². The zero-order valence-corrected chi connectivity index (χ0v) is 8.82. The molecule has 13 heavy (non-hydrogen) atoms. The summed E-state index contributed by atoms with van der Waals surface area (Å²) in [7, 11) is 0. The third-order valence-electron chi connectivity index (χ3n) is 2.70. The molecule has 0 nitrogen and oxygen atoms in total. The molecule has 0 saturated carbocycles. The molecule has 0 bridgehead atoms. The summed E-state index contributed by atoms with van der Waals surface area (Å²) in [5.74, 6) is 0.300. The highest BCUT2D eigenvalue weighted by molar-refractivity contribution is 5.34. The number of benzene rings is 1. The van der Waals surface area contributed by atoms with Gasteiger partial charge in [-0.25, -0.2) is 4.39 Å². The molecule has 0 amide bonds. The van der Waals surface area contributed by atoms with Crippen molar-refractivity contribution in [2.75, 3.05) is 0 Å². The van der Waals surface area contributed by atoms with Crippen molar-refractivity contribution in [3.63, 3.8) is 0 Å². The van der Waals surface area contributed by atoms with E-state index in [-0.39, 0.29) is 5.82 Å². The van der Waals surface area contributed by atoms with E-state index in [4.69, 9.17) is 0 Å². The van der Waals surface area contributed by atoms with Gasteiger partial charge in [-0.15, -0.1) is 0 Å². The Hall–Kier alpha value is -0.850. The van der Waals surface area contributed by atoms with Gasteiger partial charge in [0.05, 0.1) is 0 Å². The van der Waals surface area contributed by atoms with E-state index >= 15 is 0 Å². The summed E-state index contributed by atoms with van der Waals surface area (Å²) in [6, 6.07) is 3.84. The molecule has 1 unspecified atom stereocenters. The topological polar surface area (TPSA) is 0 Å². The lowest BCUT2D eigenvalue weighted by molar-refractivity contribution is 0.573. The van der Waals surface area contributed by atoms with Crippen LogP contribution in [0.25, 0.3) is 0 Å². The van der Waals surface area contributed by atoms with E-state index < -0.39 is 0 Å². The van der Waals surface area contributed by atoms with Crippen LogP contribution < -0.4 is 0 Å². The van der Waals surface area contributed by atoms with Crippen LogP contribution in [0.2, 0.25) is 0 Å². The normalized spacial score (nSPS) is 13.0. The lowest BCUT2D eigenvalue weighted by Crippen LogP contribution is -2.01. The van der Waals surface area contributed by atoms with E-state index in [9.17, 15) is 4.39 Å². The van der Waals surface area contributed by atoms with E-state index in [0.29, 0.717) is 5.92 Å². The van der Waals surface area contributed by atoms with Crippen molar-refractivity contribution in [3.8, 4) is 0 Å². The molecule has 0 saturated heterocycles. The van der Waals surface area contributed by atoms with E-state index in [1.807, 2.05) is 26.0 Å². The Morgan fingerprint density at radius 1 is 1.23 bits per heavy atom. The van der Waals surface area contributed by atoms with Crippen LogP contribution in [0.1, 0.15) is 42.9 Å². The fourth-order valence-electron chi connectivity index (χ4n) is 1.61. The maximum Gasteiger partial charge on any atom is 0.129 e. The first kappa shape index (κ1) is 10.2.